The molecule has 2 aromatic carbocycles. The maximum Gasteiger partial charge on any atom is 0.284 e. The van der Waals surface area contributed by atoms with Crippen LogP contribution in [-0.2, 0) is 11.2 Å². The first-order valence-corrected chi connectivity index (χ1v) is 8.97. The van der Waals surface area contributed by atoms with E-state index in [1.807, 2.05) is 0 Å². The summed E-state index contributed by atoms with van der Waals surface area (Å²) in [5.74, 6) is -4.99. The van der Waals surface area contributed by atoms with Gasteiger partial charge in [0.25, 0.3) is 5.56 Å². The average molecular weight is 422 g/mol. The van der Waals surface area contributed by atoms with Crippen LogP contribution in [0, 0.1) is 23.3 Å². The molecule has 10 heteroatoms. The van der Waals surface area contributed by atoms with Crippen molar-refractivity contribution >= 4 is 22.8 Å². The number of benzene rings is 2. The Labute approximate surface area is 168 Å². The molecule has 0 bridgehead atoms. The summed E-state index contributed by atoms with van der Waals surface area (Å²) in [6, 6.07) is 4.25. The number of carbonyl (C=O) groups excluding carboxylic acids is 1. The highest BCUT2D eigenvalue weighted by molar-refractivity contribution is 5.87. The quantitative estimate of drug-likeness (QED) is 0.642. The van der Waals surface area contributed by atoms with E-state index in [9.17, 15) is 27.2 Å². The number of hydrogen-bond acceptors (Lipinski definition) is 4. The second kappa shape index (κ2) is 8.13. The van der Waals surface area contributed by atoms with E-state index in [0.29, 0.717) is 6.07 Å². The molecular weight excluding hydrogens is 404 g/mol. The normalized spacial score (nSPS) is 11.2. The zero-order chi connectivity index (χ0) is 22.2. The lowest BCUT2D eigenvalue weighted by Crippen LogP contribution is -2.41. The molecule has 30 heavy (non-hydrogen) atoms. The highest BCUT2D eigenvalue weighted by atomic mass is 19.2. The predicted molar refractivity (Wildman–Crippen MR) is 104 cm³/mol. The van der Waals surface area contributed by atoms with Gasteiger partial charge in [0.15, 0.2) is 11.6 Å². The van der Waals surface area contributed by atoms with Crippen LogP contribution in [0.1, 0.15) is 19.4 Å². The van der Waals surface area contributed by atoms with E-state index in [-0.39, 0.29) is 29.5 Å². The summed E-state index contributed by atoms with van der Waals surface area (Å²) in [7, 11) is 1.59. The molecule has 0 fully saturated rings. The molecule has 3 aromatic rings. The van der Waals surface area contributed by atoms with Crippen molar-refractivity contribution in [3.05, 3.63) is 69.5 Å². The summed E-state index contributed by atoms with van der Waals surface area (Å²) in [6.07, 6.45) is -0.377. The minimum Gasteiger partial charge on any atom is -0.341 e. The van der Waals surface area contributed by atoms with Crippen LogP contribution in [0.5, 0.6) is 0 Å². The van der Waals surface area contributed by atoms with Crippen LogP contribution in [0.15, 0.2) is 35.1 Å². The molecule has 0 aliphatic carbocycles. The van der Waals surface area contributed by atoms with Crippen LogP contribution in [0.3, 0.4) is 0 Å². The van der Waals surface area contributed by atoms with E-state index in [1.54, 1.807) is 20.9 Å². The van der Waals surface area contributed by atoms with Gasteiger partial charge in [-0.1, -0.05) is 6.07 Å². The third kappa shape index (κ3) is 4.12. The number of anilines is 1. The number of carbonyl (C=O) groups is 1. The van der Waals surface area contributed by atoms with Gasteiger partial charge in [-0.05, 0) is 31.5 Å². The Morgan fingerprint density at radius 3 is 2.43 bits per heavy atom. The van der Waals surface area contributed by atoms with Gasteiger partial charge in [-0.3, -0.25) is 15.0 Å². The third-order valence-electron chi connectivity index (χ3n) is 4.55. The van der Waals surface area contributed by atoms with Gasteiger partial charge in [-0.15, -0.1) is 0 Å². The van der Waals surface area contributed by atoms with Crippen LogP contribution in [-0.4, -0.2) is 28.7 Å². The molecule has 0 radical (unpaired) electrons. The van der Waals surface area contributed by atoms with Crippen LogP contribution >= 0.6 is 0 Å². The Morgan fingerprint density at radius 1 is 1.10 bits per heavy atom. The van der Waals surface area contributed by atoms with Crippen molar-refractivity contribution in [2.75, 3.05) is 17.4 Å². The molecule has 1 heterocycles. The van der Waals surface area contributed by atoms with E-state index in [4.69, 9.17) is 0 Å². The van der Waals surface area contributed by atoms with Gasteiger partial charge in [-0.25, -0.2) is 22.5 Å². The number of amides is 1. The van der Waals surface area contributed by atoms with Crippen molar-refractivity contribution in [2.24, 2.45) is 0 Å². The van der Waals surface area contributed by atoms with Gasteiger partial charge in [0, 0.05) is 25.2 Å². The zero-order valence-electron chi connectivity index (χ0n) is 16.3. The van der Waals surface area contributed by atoms with Gasteiger partial charge in [0.2, 0.25) is 11.9 Å². The van der Waals surface area contributed by atoms with Crippen molar-refractivity contribution in [2.45, 2.75) is 26.3 Å². The zero-order valence-corrected chi connectivity index (χ0v) is 16.3. The molecule has 0 unspecified atom stereocenters. The number of aromatic nitrogens is 2. The fourth-order valence-corrected chi connectivity index (χ4v) is 2.79. The Kier molecular flexibility index (Phi) is 5.77. The van der Waals surface area contributed by atoms with Crippen LogP contribution in [0.4, 0.5) is 23.5 Å². The Bertz CT molecular complexity index is 1190. The Balaban J connectivity index is 2.07. The minimum absolute atomic E-state index is 0.0499. The van der Waals surface area contributed by atoms with Gasteiger partial charge >= 0.3 is 0 Å². The standard InChI is InChI=1S/C20H18F4N4O2/c1-10(2)27(3)20-25-16-9-12(21)8-15(24)18(16)19(30)28(20)26-17(29)7-11-4-5-13(22)14(23)6-11/h4-6,8-10H,7H2,1-3H3,(H,26,29). The molecule has 158 valence electrons. The van der Waals surface area contributed by atoms with Crippen molar-refractivity contribution < 1.29 is 22.4 Å². The Morgan fingerprint density at radius 2 is 1.80 bits per heavy atom. The number of rotatable bonds is 5. The van der Waals surface area contributed by atoms with Crippen LogP contribution < -0.4 is 15.9 Å². The first-order valence-electron chi connectivity index (χ1n) is 8.97. The molecule has 0 atom stereocenters. The predicted octanol–water partition coefficient (Wildman–Crippen LogP) is 3.11. The molecule has 1 N–H and O–H groups in total. The van der Waals surface area contributed by atoms with E-state index < -0.39 is 40.1 Å². The molecule has 1 amide bonds. The van der Waals surface area contributed by atoms with Gasteiger partial charge < -0.3 is 4.90 Å². The average Bonchev–Trinajstić information content (AvgIpc) is 2.65. The molecule has 0 spiro atoms. The fraction of sp³-hybridized carbons (Fsp3) is 0.250. The largest absolute Gasteiger partial charge is 0.341 e. The second-order valence-corrected chi connectivity index (χ2v) is 7.00. The molecule has 1 aromatic heterocycles. The van der Waals surface area contributed by atoms with Gasteiger partial charge in [-0.2, -0.15) is 4.68 Å². The van der Waals surface area contributed by atoms with E-state index in [1.165, 1.54) is 11.0 Å². The summed E-state index contributed by atoms with van der Waals surface area (Å²) in [4.78, 5) is 31.0. The molecule has 0 saturated carbocycles. The molecule has 6 nitrogen and oxygen atoms in total. The smallest absolute Gasteiger partial charge is 0.284 e. The molecule has 3 rings (SSSR count). The van der Waals surface area contributed by atoms with Crippen LogP contribution in [0.25, 0.3) is 10.9 Å². The monoisotopic (exact) mass is 422 g/mol. The van der Waals surface area contributed by atoms with E-state index >= 15 is 0 Å². The van der Waals surface area contributed by atoms with Crippen molar-refractivity contribution in [3.8, 4) is 0 Å². The number of hydrogen-bond donors (Lipinski definition) is 1. The van der Waals surface area contributed by atoms with Gasteiger partial charge in [0.1, 0.15) is 17.0 Å². The fourth-order valence-electron chi connectivity index (χ4n) is 2.79. The van der Waals surface area contributed by atoms with Gasteiger partial charge in [0.05, 0.1) is 11.9 Å². The van der Waals surface area contributed by atoms with Crippen LogP contribution in [0.2, 0.25) is 0 Å². The maximum atomic E-state index is 14.2. The molecule has 0 aliphatic heterocycles. The topological polar surface area (TPSA) is 67.2 Å². The summed E-state index contributed by atoms with van der Waals surface area (Å²) in [6.45, 7) is 3.58. The molecule has 0 aliphatic rings. The SMILES string of the molecule is CC(C)N(C)c1nc2cc(F)cc(F)c2c(=O)n1NC(=O)Cc1ccc(F)c(F)c1. The van der Waals surface area contributed by atoms with Crippen molar-refractivity contribution in [1.29, 1.82) is 0 Å². The summed E-state index contributed by atoms with van der Waals surface area (Å²) in [5.41, 5.74) is 1.33. The highest BCUT2D eigenvalue weighted by Gasteiger charge is 2.21. The summed E-state index contributed by atoms with van der Waals surface area (Å²) < 4.78 is 55.1. The third-order valence-corrected chi connectivity index (χ3v) is 4.55. The number of nitrogens with one attached hydrogen (secondary N) is 1. The molecule has 0 saturated heterocycles. The highest BCUT2D eigenvalue weighted by Crippen LogP contribution is 2.19. The van der Waals surface area contributed by atoms with E-state index in [0.717, 1.165) is 22.9 Å². The number of halogens is 4. The first kappa shape index (κ1) is 21.3. The second-order valence-electron chi connectivity index (χ2n) is 7.00. The lowest BCUT2D eigenvalue weighted by molar-refractivity contribution is -0.116. The summed E-state index contributed by atoms with van der Waals surface area (Å²) in [5, 5.41) is -0.495. The maximum absolute atomic E-state index is 14.2. The number of nitrogens with zero attached hydrogens (tertiary/aromatic N) is 3. The minimum atomic E-state index is -1.12. The van der Waals surface area contributed by atoms with Crippen molar-refractivity contribution in [1.82, 2.24) is 9.66 Å². The summed E-state index contributed by atoms with van der Waals surface area (Å²) >= 11 is 0. The van der Waals surface area contributed by atoms with Crippen molar-refractivity contribution in [3.63, 3.8) is 0 Å². The van der Waals surface area contributed by atoms with E-state index in [2.05, 4.69) is 10.4 Å². The first-order chi connectivity index (χ1) is 14.1. The Hall–Kier alpha value is -3.43. The lowest BCUT2D eigenvalue weighted by Gasteiger charge is -2.26. The molecular formula is C20H18F4N4O2. The number of fused-ring (bicyclic) bond motifs is 1. The lowest BCUT2D eigenvalue weighted by atomic mass is 10.1.